The lowest BCUT2D eigenvalue weighted by Gasteiger charge is -2.13. The quantitative estimate of drug-likeness (QED) is 0.608. The molecule has 1 rings (SSSR count). The first kappa shape index (κ1) is 13.0. The van der Waals surface area contributed by atoms with Crippen LogP contribution in [0.4, 0.5) is 0 Å². The van der Waals surface area contributed by atoms with Crippen LogP contribution in [0.25, 0.3) is 0 Å². The van der Waals surface area contributed by atoms with Crippen LogP contribution in [-0.2, 0) is 0 Å². The van der Waals surface area contributed by atoms with E-state index in [1.165, 1.54) is 12.0 Å². The van der Waals surface area contributed by atoms with E-state index in [0.29, 0.717) is 5.92 Å². The van der Waals surface area contributed by atoms with Crippen molar-refractivity contribution in [1.29, 1.82) is 5.26 Å². The Morgan fingerprint density at radius 3 is 2.43 bits per heavy atom. The smallest absolute Gasteiger partial charge is 0.0950 e. The SMILES string of the molecule is CCC.CCC1=C(C#N)CC(C)C=C1. The fraction of sp³-hybridized carbons (Fsp3) is 0.615. The van der Waals surface area contributed by atoms with E-state index in [-0.39, 0.29) is 0 Å². The topological polar surface area (TPSA) is 23.8 Å². The fourth-order valence-corrected chi connectivity index (χ4v) is 1.35. The summed E-state index contributed by atoms with van der Waals surface area (Å²) >= 11 is 0. The molecule has 1 nitrogen and oxygen atoms in total. The number of nitrogens with zero attached hydrogens (tertiary/aromatic N) is 1. The molecule has 1 aliphatic carbocycles. The van der Waals surface area contributed by atoms with E-state index < -0.39 is 0 Å². The lowest BCUT2D eigenvalue weighted by atomic mass is 9.90. The zero-order valence-electron chi connectivity index (χ0n) is 9.80. The predicted molar refractivity (Wildman–Crippen MR) is 61.8 cm³/mol. The van der Waals surface area contributed by atoms with Gasteiger partial charge >= 0.3 is 0 Å². The first-order valence-electron chi connectivity index (χ1n) is 5.49. The Morgan fingerprint density at radius 1 is 1.43 bits per heavy atom. The van der Waals surface area contributed by atoms with Gasteiger partial charge in [-0.15, -0.1) is 0 Å². The van der Waals surface area contributed by atoms with Gasteiger partial charge in [0.1, 0.15) is 0 Å². The lowest BCUT2D eigenvalue weighted by molar-refractivity contribution is 0.708. The molecule has 1 unspecified atom stereocenters. The van der Waals surface area contributed by atoms with Crippen molar-refractivity contribution < 1.29 is 0 Å². The van der Waals surface area contributed by atoms with Gasteiger partial charge in [0.15, 0.2) is 0 Å². The molecule has 0 aromatic heterocycles. The Bertz CT molecular complexity index is 253. The van der Waals surface area contributed by atoms with E-state index in [9.17, 15) is 0 Å². The monoisotopic (exact) mass is 191 g/mol. The Labute approximate surface area is 88.1 Å². The zero-order chi connectivity index (χ0) is 11.0. The second-order valence-electron chi connectivity index (χ2n) is 3.72. The summed E-state index contributed by atoms with van der Waals surface area (Å²) in [5, 5.41) is 8.77. The Hall–Kier alpha value is -1.03. The highest BCUT2D eigenvalue weighted by Crippen LogP contribution is 2.24. The van der Waals surface area contributed by atoms with Crippen LogP contribution >= 0.6 is 0 Å². The second kappa shape index (κ2) is 7.38. The number of hydrogen-bond donors (Lipinski definition) is 0. The molecule has 0 saturated heterocycles. The third-order valence-corrected chi connectivity index (χ3v) is 2.06. The minimum Gasteiger partial charge on any atom is -0.193 e. The second-order valence-corrected chi connectivity index (χ2v) is 3.72. The van der Waals surface area contributed by atoms with Crippen LogP contribution in [0.5, 0.6) is 0 Å². The molecule has 1 atom stereocenters. The van der Waals surface area contributed by atoms with Gasteiger partial charge < -0.3 is 0 Å². The molecule has 0 aliphatic heterocycles. The van der Waals surface area contributed by atoms with Gasteiger partial charge in [0, 0.05) is 5.57 Å². The van der Waals surface area contributed by atoms with E-state index in [4.69, 9.17) is 5.26 Å². The Morgan fingerprint density at radius 2 is 2.00 bits per heavy atom. The minimum absolute atomic E-state index is 0.542. The van der Waals surface area contributed by atoms with Crippen LogP contribution in [0.3, 0.4) is 0 Å². The molecule has 0 fully saturated rings. The largest absolute Gasteiger partial charge is 0.193 e. The van der Waals surface area contributed by atoms with Gasteiger partial charge in [-0.1, -0.05) is 46.3 Å². The van der Waals surface area contributed by atoms with Gasteiger partial charge in [0.25, 0.3) is 0 Å². The summed E-state index contributed by atoms with van der Waals surface area (Å²) in [4.78, 5) is 0. The van der Waals surface area contributed by atoms with Crippen molar-refractivity contribution in [3.63, 3.8) is 0 Å². The van der Waals surface area contributed by atoms with Crippen molar-refractivity contribution in [2.75, 3.05) is 0 Å². The first-order chi connectivity index (χ1) is 6.69. The van der Waals surface area contributed by atoms with Gasteiger partial charge in [-0.25, -0.2) is 0 Å². The van der Waals surface area contributed by atoms with Crippen molar-refractivity contribution in [3.05, 3.63) is 23.3 Å². The molecule has 1 aliphatic rings. The van der Waals surface area contributed by atoms with Gasteiger partial charge in [-0.3, -0.25) is 0 Å². The maximum absolute atomic E-state index is 8.77. The van der Waals surface area contributed by atoms with Crippen LogP contribution < -0.4 is 0 Å². The van der Waals surface area contributed by atoms with Gasteiger partial charge in [0.05, 0.1) is 6.07 Å². The van der Waals surface area contributed by atoms with Crippen LogP contribution in [0, 0.1) is 17.2 Å². The summed E-state index contributed by atoms with van der Waals surface area (Å²) in [6.45, 7) is 8.48. The van der Waals surface area contributed by atoms with Crippen molar-refractivity contribution in [1.82, 2.24) is 0 Å². The van der Waals surface area contributed by atoms with Crippen molar-refractivity contribution >= 4 is 0 Å². The maximum atomic E-state index is 8.77. The molecule has 0 saturated carbocycles. The molecule has 1 heteroatoms. The molecule has 0 spiro atoms. The summed E-state index contributed by atoms with van der Waals surface area (Å²) in [5.41, 5.74) is 2.19. The Balaban J connectivity index is 0.000000500. The number of allylic oxidation sites excluding steroid dienone is 4. The van der Waals surface area contributed by atoms with Crippen LogP contribution in [-0.4, -0.2) is 0 Å². The third kappa shape index (κ3) is 4.28. The molecule has 0 aromatic carbocycles. The van der Waals surface area contributed by atoms with E-state index in [1.807, 2.05) is 0 Å². The van der Waals surface area contributed by atoms with Crippen LogP contribution in [0.1, 0.15) is 47.0 Å². The van der Waals surface area contributed by atoms with Crippen LogP contribution in [0.2, 0.25) is 0 Å². The van der Waals surface area contributed by atoms with Crippen molar-refractivity contribution in [2.45, 2.75) is 47.0 Å². The molecular formula is C13H21N. The zero-order valence-corrected chi connectivity index (χ0v) is 9.80. The standard InChI is InChI=1S/C10H13N.C3H8/c1-3-9-5-4-8(2)6-10(9)7-11;1-3-2/h4-5,8H,3,6H2,1-2H3;3H2,1-2H3. The average Bonchev–Trinajstić information content (AvgIpc) is 2.19. The van der Waals surface area contributed by atoms with Gasteiger partial charge in [0.2, 0.25) is 0 Å². The molecule has 0 bridgehead atoms. The highest BCUT2D eigenvalue weighted by atomic mass is 14.3. The summed E-state index contributed by atoms with van der Waals surface area (Å²) in [7, 11) is 0. The predicted octanol–water partition coefficient (Wildman–Crippen LogP) is 4.23. The fourth-order valence-electron chi connectivity index (χ4n) is 1.35. The van der Waals surface area contributed by atoms with Crippen LogP contribution in [0.15, 0.2) is 23.3 Å². The van der Waals surface area contributed by atoms with E-state index in [2.05, 4.69) is 45.9 Å². The minimum atomic E-state index is 0.542. The average molecular weight is 191 g/mol. The summed E-state index contributed by atoms with van der Waals surface area (Å²) in [6.07, 6.45) is 7.43. The number of hydrogen-bond acceptors (Lipinski definition) is 1. The molecule has 14 heavy (non-hydrogen) atoms. The third-order valence-electron chi connectivity index (χ3n) is 2.06. The molecule has 0 N–H and O–H groups in total. The lowest BCUT2D eigenvalue weighted by Crippen LogP contribution is -2.00. The molecule has 78 valence electrons. The maximum Gasteiger partial charge on any atom is 0.0950 e. The van der Waals surface area contributed by atoms with E-state index >= 15 is 0 Å². The van der Waals surface area contributed by atoms with E-state index in [0.717, 1.165) is 18.4 Å². The number of rotatable bonds is 1. The summed E-state index contributed by atoms with van der Waals surface area (Å²) in [5.74, 6) is 0.542. The van der Waals surface area contributed by atoms with Gasteiger partial charge in [-0.2, -0.15) is 5.26 Å². The molecule has 0 aromatic rings. The van der Waals surface area contributed by atoms with Gasteiger partial charge in [-0.05, 0) is 24.3 Å². The molecular weight excluding hydrogens is 170 g/mol. The van der Waals surface area contributed by atoms with E-state index in [1.54, 1.807) is 0 Å². The first-order valence-corrected chi connectivity index (χ1v) is 5.49. The molecule has 0 amide bonds. The number of nitriles is 1. The molecule has 0 heterocycles. The Kier molecular flexibility index (Phi) is 6.84. The molecule has 0 radical (unpaired) electrons. The highest BCUT2D eigenvalue weighted by Gasteiger charge is 2.10. The summed E-state index contributed by atoms with van der Waals surface area (Å²) in [6, 6.07) is 2.26. The van der Waals surface area contributed by atoms with Crippen molar-refractivity contribution in [2.24, 2.45) is 5.92 Å². The highest BCUT2D eigenvalue weighted by molar-refractivity contribution is 5.38. The summed E-state index contributed by atoms with van der Waals surface area (Å²) < 4.78 is 0. The normalized spacial score (nSPS) is 19.8. The van der Waals surface area contributed by atoms with Crippen molar-refractivity contribution in [3.8, 4) is 6.07 Å².